The summed E-state index contributed by atoms with van der Waals surface area (Å²) < 4.78 is 0. The maximum Gasteiger partial charge on any atom is 0.0702 e. The summed E-state index contributed by atoms with van der Waals surface area (Å²) in [5.41, 5.74) is 2.39. The molecule has 0 amide bonds. The van der Waals surface area contributed by atoms with E-state index in [-0.39, 0.29) is 0 Å². The molecule has 2 heteroatoms. The van der Waals surface area contributed by atoms with E-state index in [0.29, 0.717) is 11.8 Å². The fourth-order valence-electron chi connectivity index (χ4n) is 1.71. The molecular formula is C13H14ClN. The Hall–Kier alpha value is -1.08. The molecule has 0 radical (unpaired) electrons. The maximum absolute atomic E-state index is 5.81. The van der Waals surface area contributed by atoms with Crippen LogP contribution < -0.4 is 0 Å². The van der Waals surface area contributed by atoms with Crippen molar-refractivity contribution in [1.82, 2.24) is 4.98 Å². The van der Waals surface area contributed by atoms with Crippen molar-refractivity contribution in [1.29, 1.82) is 0 Å². The Labute approximate surface area is 95.1 Å². The SMILES string of the molecule is CC(CCl)Cc1ccc2ncccc2c1. The lowest BCUT2D eigenvalue weighted by Crippen LogP contribution is -2.00. The third-order valence-electron chi connectivity index (χ3n) is 2.51. The molecule has 2 aromatic rings. The van der Waals surface area contributed by atoms with Gasteiger partial charge in [0.15, 0.2) is 0 Å². The smallest absolute Gasteiger partial charge is 0.0702 e. The minimum absolute atomic E-state index is 0.529. The van der Waals surface area contributed by atoms with Gasteiger partial charge in [-0.2, -0.15) is 0 Å². The Morgan fingerprint density at radius 3 is 3.00 bits per heavy atom. The third-order valence-corrected chi connectivity index (χ3v) is 3.04. The zero-order valence-electron chi connectivity index (χ0n) is 8.78. The summed E-state index contributed by atoms with van der Waals surface area (Å²) in [6.45, 7) is 2.17. The van der Waals surface area contributed by atoms with E-state index in [4.69, 9.17) is 11.6 Å². The molecule has 1 unspecified atom stereocenters. The monoisotopic (exact) mass is 219 g/mol. The summed E-state index contributed by atoms with van der Waals surface area (Å²) in [5.74, 6) is 1.24. The van der Waals surface area contributed by atoms with Gasteiger partial charge in [-0.1, -0.05) is 19.1 Å². The van der Waals surface area contributed by atoms with Gasteiger partial charge in [0, 0.05) is 17.5 Å². The predicted octanol–water partition coefficient (Wildman–Crippen LogP) is 3.65. The van der Waals surface area contributed by atoms with Crippen LogP contribution in [0.2, 0.25) is 0 Å². The molecule has 1 aromatic carbocycles. The fourth-order valence-corrected chi connectivity index (χ4v) is 1.82. The Morgan fingerprint density at radius 1 is 1.33 bits per heavy atom. The van der Waals surface area contributed by atoms with Crippen LogP contribution in [0.25, 0.3) is 10.9 Å². The first-order valence-corrected chi connectivity index (χ1v) is 5.72. The van der Waals surface area contributed by atoms with Gasteiger partial charge in [-0.05, 0) is 36.1 Å². The van der Waals surface area contributed by atoms with Gasteiger partial charge >= 0.3 is 0 Å². The molecule has 78 valence electrons. The van der Waals surface area contributed by atoms with E-state index < -0.39 is 0 Å². The van der Waals surface area contributed by atoms with Crippen LogP contribution >= 0.6 is 11.6 Å². The maximum atomic E-state index is 5.81. The topological polar surface area (TPSA) is 12.9 Å². The molecule has 0 aliphatic carbocycles. The lowest BCUT2D eigenvalue weighted by molar-refractivity contribution is 0.655. The van der Waals surface area contributed by atoms with E-state index in [1.165, 1.54) is 10.9 Å². The largest absolute Gasteiger partial charge is 0.256 e. The van der Waals surface area contributed by atoms with Crippen molar-refractivity contribution >= 4 is 22.5 Å². The number of hydrogen-bond acceptors (Lipinski definition) is 1. The van der Waals surface area contributed by atoms with E-state index in [1.807, 2.05) is 12.3 Å². The predicted molar refractivity (Wildman–Crippen MR) is 65.3 cm³/mol. The molecule has 0 N–H and O–H groups in total. The molecule has 0 fully saturated rings. The zero-order valence-corrected chi connectivity index (χ0v) is 9.54. The molecule has 0 saturated heterocycles. The van der Waals surface area contributed by atoms with Gasteiger partial charge in [-0.15, -0.1) is 11.6 Å². The normalized spacial score (nSPS) is 12.9. The van der Waals surface area contributed by atoms with Crippen LogP contribution in [0.4, 0.5) is 0 Å². The average Bonchev–Trinajstić information content (AvgIpc) is 2.29. The van der Waals surface area contributed by atoms with Crippen LogP contribution in [0.1, 0.15) is 12.5 Å². The van der Waals surface area contributed by atoms with Crippen molar-refractivity contribution < 1.29 is 0 Å². The van der Waals surface area contributed by atoms with E-state index in [0.717, 1.165) is 11.9 Å². The van der Waals surface area contributed by atoms with Gasteiger partial charge in [-0.25, -0.2) is 0 Å². The minimum atomic E-state index is 0.529. The first kappa shape index (κ1) is 10.4. The summed E-state index contributed by atoms with van der Waals surface area (Å²) in [4.78, 5) is 4.30. The highest BCUT2D eigenvalue weighted by atomic mass is 35.5. The number of aromatic nitrogens is 1. The zero-order chi connectivity index (χ0) is 10.7. The number of rotatable bonds is 3. The quantitative estimate of drug-likeness (QED) is 0.719. The summed E-state index contributed by atoms with van der Waals surface area (Å²) >= 11 is 5.81. The van der Waals surface area contributed by atoms with E-state index in [2.05, 4.69) is 36.2 Å². The summed E-state index contributed by atoms with van der Waals surface area (Å²) in [5, 5.41) is 1.21. The first-order chi connectivity index (χ1) is 7.29. The average molecular weight is 220 g/mol. The number of pyridine rings is 1. The van der Waals surface area contributed by atoms with Gasteiger partial charge < -0.3 is 0 Å². The van der Waals surface area contributed by atoms with E-state index in [9.17, 15) is 0 Å². The number of alkyl halides is 1. The highest BCUT2D eigenvalue weighted by molar-refractivity contribution is 6.18. The fraction of sp³-hybridized carbons (Fsp3) is 0.308. The van der Waals surface area contributed by atoms with Crippen LogP contribution in [-0.2, 0) is 6.42 Å². The molecule has 0 spiro atoms. The highest BCUT2D eigenvalue weighted by Crippen LogP contribution is 2.16. The second-order valence-electron chi connectivity index (χ2n) is 3.99. The second kappa shape index (κ2) is 4.63. The van der Waals surface area contributed by atoms with Crippen LogP contribution in [0, 0.1) is 5.92 Å². The molecule has 1 atom stereocenters. The van der Waals surface area contributed by atoms with Crippen molar-refractivity contribution in [3.8, 4) is 0 Å². The van der Waals surface area contributed by atoms with Crippen LogP contribution in [0.5, 0.6) is 0 Å². The van der Waals surface area contributed by atoms with Crippen LogP contribution in [0.15, 0.2) is 36.5 Å². The van der Waals surface area contributed by atoms with Crippen molar-refractivity contribution in [2.75, 3.05) is 5.88 Å². The third kappa shape index (κ3) is 2.48. The Bertz CT molecular complexity index is 453. The van der Waals surface area contributed by atoms with E-state index in [1.54, 1.807) is 0 Å². The number of halogens is 1. The van der Waals surface area contributed by atoms with Crippen molar-refractivity contribution in [3.63, 3.8) is 0 Å². The molecule has 1 aromatic heterocycles. The summed E-state index contributed by atoms with van der Waals surface area (Å²) in [6.07, 6.45) is 2.86. The Balaban J connectivity index is 2.30. The Morgan fingerprint density at radius 2 is 2.20 bits per heavy atom. The number of hydrogen-bond donors (Lipinski definition) is 0. The van der Waals surface area contributed by atoms with E-state index >= 15 is 0 Å². The molecule has 0 bridgehead atoms. The standard InChI is InChI=1S/C13H14ClN/c1-10(9-14)7-11-4-5-13-12(8-11)3-2-6-15-13/h2-6,8,10H,7,9H2,1H3. The van der Waals surface area contributed by atoms with Crippen molar-refractivity contribution in [3.05, 3.63) is 42.1 Å². The molecular weight excluding hydrogens is 206 g/mol. The number of nitrogens with zero attached hydrogens (tertiary/aromatic N) is 1. The van der Waals surface area contributed by atoms with Gasteiger partial charge in [0.05, 0.1) is 5.52 Å². The lowest BCUT2D eigenvalue weighted by Gasteiger charge is -2.07. The molecule has 15 heavy (non-hydrogen) atoms. The van der Waals surface area contributed by atoms with Gasteiger partial charge in [0.2, 0.25) is 0 Å². The lowest BCUT2D eigenvalue weighted by atomic mass is 10.0. The molecule has 1 nitrogen and oxygen atoms in total. The van der Waals surface area contributed by atoms with Gasteiger partial charge in [0.25, 0.3) is 0 Å². The van der Waals surface area contributed by atoms with Crippen molar-refractivity contribution in [2.24, 2.45) is 5.92 Å². The molecule has 0 aliphatic heterocycles. The molecule has 0 aliphatic rings. The molecule has 1 heterocycles. The summed E-state index contributed by atoms with van der Waals surface area (Å²) in [7, 11) is 0. The highest BCUT2D eigenvalue weighted by Gasteiger charge is 2.02. The second-order valence-corrected chi connectivity index (χ2v) is 4.30. The van der Waals surface area contributed by atoms with Gasteiger partial charge in [-0.3, -0.25) is 4.98 Å². The van der Waals surface area contributed by atoms with Crippen molar-refractivity contribution in [2.45, 2.75) is 13.3 Å². The first-order valence-electron chi connectivity index (χ1n) is 5.19. The van der Waals surface area contributed by atoms with Gasteiger partial charge in [0.1, 0.15) is 0 Å². The van der Waals surface area contributed by atoms with Crippen LogP contribution in [0.3, 0.4) is 0 Å². The molecule has 2 rings (SSSR count). The number of benzene rings is 1. The molecule has 0 saturated carbocycles. The summed E-state index contributed by atoms with van der Waals surface area (Å²) in [6, 6.07) is 10.5. The Kier molecular flexibility index (Phi) is 3.22. The minimum Gasteiger partial charge on any atom is -0.256 e. The number of fused-ring (bicyclic) bond motifs is 1. The van der Waals surface area contributed by atoms with Crippen LogP contribution in [-0.4, -0.2) is 10.9 Å².